The number of benzene rings is 2. The molecule has 0 unspecified atom stereocenters. The maximum atomic E-state index is 13.8. The molecule has 2 aromatic carbocycles. The molecule has 1 aromatic heterocycles. The standard InChI is InChI=1S/C18H17ClFN3OS/c1-12-6-8-13(9-7-12)24-10-17-21-22-18(23(17)2)25-11-14-15(19)4-3-5-16(14)20/h3-9H,10-11H2,1-2H3. The van der Waals surface area contributed by atoms with E-state index in [2.05, 4.69) is 10.2 Å². The fourth-order valence-corrected chi connectivity index (χ4v) is 3.46. The molecule has 0 saturated heterocycles. The Morgan fingerprint density at radius 2 is 1.92 bits per heavy atom. The Balaban J connectivity index is 1.64. The van der Waals surface area contributed by atoms with Gasteiger partial charge in [-0.15, -0.1) is 10.2 Å². The number of ether oxygens (including phenoxy) is 1. The molecule has 1 heterocycles. The first kappa shape index (κ1) is 17.8. The highest BCUT2D eigenvalue weighted by Gasteiger charge is 2.13. The summed E-state index contributed by atoms with van der Waals surface area (Å²) < 4.78 is 21.4. The van der Waals surface area contributed by atoms with Gasteiger partial charge in [0, 0.05) is 23.4 Å². The third-order valence-electron chi connectivity index (χ3n) is 3.72. The Hall–Kier alpha value is -2.05. The van der Waals surface area contributed by atoms with Crippen LogP contribution in [-0.2, 0) is 19.4 Å². The van der Waals surface area contributed by atoms with Crippen molar-refractivity contribution in [2.75, 3.05) is 0 Å². The van der Waals surface area contributed by atoms with Gasteiger partial charge in [-0.05, 0) is 31.2 Å². The molecular formula is C18H17ClFN3OS. The fourth-order valence-electron chi connectivity index (χ4n) is 2.19. The predicted molar refractivity (Wildman–Crippen MR) is 97.5 cm³/mol. The number of aromatic nitrogens is 3. The van der Waals surface area contributed by atoms with Gasteiger partial charge in [-0.1, -0.05) is 47.1 Å². The van der Waals surface area contributed by atoms with Crippen LogP contribution in [0.4, 0.5) is 4.39 Å². The third kappa shape index (κ3) is 4.32. The molecule has 0 N–H and O–H groups in total. The minimum absolute atomic E-state index is 0.313. The second-order valence-electron chi connectivity index (χ2n) is 5.55. The first-order valence-electron chi connectivity index (χ1n) is 7.68. The molecule has 0 aliphatic rings. The van der Waals surface area contributed by atoms with Crippen LogP contribution in [0.25, 0.3) is 0 Å². The molecule has 0 atom stereocenters. The van der Waals surface area contributed by atoms with E-state index in [0.29, 0.717) is 33.9 Å². The fraction of sp³-hybridized carbons (Fsp3) is 0.222. The average molecular weight is 378 g/mol. The van der Waals surface area contributed by atoms with Crippen molar-refractivity contribution >= 4 is 23.4 Å². The Bertz CT molecular complexity index is 847. The summed E-state index contributed by atoms with van der Waals surface area (Å²) in [4.78, 5) is 0. The van der Waals surface area contributed by atoms with E-state index in [0.717, 1.165) is 5.75 Å². The zero-order chi connectivity index (χ0) is 17.8. The van der Waals surface area contributed by atoms with Gasteiger partial charge in [0.2, 0.25) is 0 Å². The highest BCUT2D eigenvalue weighted by Crippen LogP contribution is 2.27. The van der Waals surface area contributed by atoms with Crippen LogP contribution in [0.3, 0.4) is 0 Å². The summed E-state index contributed by atoms with van der Waals surface area (Å²) in [6, 6.07) is 12.5. The van der Waals surface area contributed by atoms with Crippen LogP contribution in [0.2, 0.25) is 5.02 Å². The van der Waals surface area contributed by atoms with Crippen molar-refractivity contribution < 1.29 is 9.13 Å². The van der Waals surface area contributed by atoms with Gasteiger partial charge in [0.05, 0.1) is 0 Å². The van der Waals surface area contributed by atoms with Gasteiger partial charge in [0.15, 0.2) is 11.0 Å². The van der Waals surface area contributed by atoms with Crippen molar-refractivity contribution in [1.82, 2.24) is 14.8 Å². The molecule has 3 aromatic rings. The highest BCUT2D eigenvalue weighted by molar-refractivity contribution is 7.98. The monoisotopic (exact) mass is 377 g/mol. The summed E-state index contributed by atoms with van der Waals surface area (Å²) in [5.74, 6) is 1.55. The Kier molecular flexibility index (Phi) is 5.60. The minimum atomic E-state index is -0.315. The quantitative estimate of drug-likeness (QED) is 0.579. The lowest BCUT2D eigenvalue weighted by Crippen LogP contribution is -2.04. The largest absolute Gasteiger partial charge is 0.486 e. The van der Waals surface area contributed by atoms with Crippen LogP contribution in [0.1, 0.15) is 17.0 Å². The lowest BCUT2D eigenvalue weighted by atomic mass is 10.2. The van der Waals surface area contributed by atoms with E-state index in [1.54, 1.807) is 12.1 Å². The summed E-state index contributed by atoms with van der Waals surface area (Å²) in [6.45, 7) is 2.34. The number of hydrogen-bond donors (Lipinski definition) is 0. The van der Waals surface area contributed by atoms with E-state index >= 15 is 0 Å². The van der Waals surface area contributed by atoms with Gasteiger partial charge in [0.1, 0.15) is 18.2 Å². The summed E-state index contributed by atoms with van der Waals surface area (Å²) in [5, 5.41) is 9.39. The lowest BCUT2D eigenvalue weighted by Gasteiger charge is -2.07. The molecule has 0 aliphatic carbocycles. The van der Waals surface area contributed by atoms with E-state index in [-0.39, 0.29) is 5.82 Å². The molecule has 25 heavy (non-hydrogen) atoms. The Morgan fingerprint density at radius 3 is 2.64 bits per heavy atom. The molecule has 3 rings (SSSR count). The molecule has 7 heteroatoms. The topological polar surface area (TPSA) is 39.9 Å². The number of hydrogen-bond acceptors (Lipinski definition) is 4. The molecule has 0 radical (unpaired) electrons. The van der Waals surface area contributed by atoms with Crippen molar-refractivity contribution in [3.8, 4) is 5.75 Å². The van der Waals surface area contributed by atoms with Crippen molar-refractivity contribution in [2.24, 2.45) is 7.05 Å². The Labute approximate surface area is 155 Å². The van der Waals surface area contributed by atoms with Crippen LogP contribution in [0.15, 0.2) is 47.6 Å². The molecule has 0 spiro atoms. The first-order valence-corrected chi connectivity index (χ1v) is 9.04. The summed E-state index contributed by atoms with van der Waals surface area (Å²) in [6.07, 6.45) is 0. The molecule has 4 nitrogen and oxygen atoms in total. The number of halogens is 2. The normalized spacial score (nSPS) is 10.9. The van der Waals surface area contributed by atoms with Gasteiger partial charge >= 0.3 is 0 Å². The predicted octanol–water partition coefficient (Wildman–Crippen LogP) is 4.79. The van der Waals surface area contributed by atoms with E-state index in [1.807, 2.05) is 42.8 Å². The van der Waals surface area contributed by atoms with Crippen molar-refractivity contribution in [3.63, 3.8) is 0 Å². The van der Waals surface area contributed by atoms with E-state index in [9.17, 15) is 4.39 Å². The van der Waals surface area contributed by atoms with E-state index in [1.165, 1.54) is 23.4 Å². The van der Waals surface area contributed by atoms with Crippen LogP contribution < -0.4 is 4.74 Å². The molecule has 130 valence electrons. The zero-order valence-electron chi connectivity index (χ0n) is 13.9. The maximum Gasteiger partial charge on any atom is 0.191 e. The van der Waals surface area contributed by atoms with Gasteiger partial charge in [-0.2, -0.15) is 0 Å². The number of aryl methyl sites for hydroxylation is 1. The molecule has 0 amide bonds. The minimum Gasteiger partial charge on any atom is -0.486 e. The van der Waals surface area contributed by atoms with Crippen LogP contribution >= 0.6 is 23.4 Å². The summed E-state index contributed by atoms with van der Waals surface area (Å²) in [7, 11) is 1.86. The van der Waals surface area contributed by atoms with Gasteiger partial charge in [0.25, 0.3) is 0 Å². The van der Waals surface area contributed by atoms with E-state index in [4.69, 9.17) is 16.3 Å². The number of rotatable bonds is 6. The Morgan fingerprint density at radius 1 is 1.16 bits per heavy atom. The first-order chi connectivity index (χ1) is 12.0. The lowest BCUT2D eigenvalue weighted by molar-refractivity contribution is 0.290. The smallest absolute Gasteiger partial charge is 0.191 e. The highest BCUT2D eigenvalue weighted by atomic mass is 35.5. The third-order valence-corrected chi connectivity index (χ3v) is 5.12. The zero-order valence-corrected chi connectivity index (χ0v) is 15.4. The number of nitrogens with zero attached hydrogens (tertiary/aromatic N) is 3. The van der Waals surface area contributed by atoms with Gasteiger partial charge in [-0.25, -0.2) is 4.39 Å². The molecule has 0 aliphatic heterocycles. The second-order valence-corrected chi connectivity index (χ2v) is 6.90. The SMILES string of the molecule is Cc1ccc(OCc2nnc(SCc3c(F)cccc3Cl)n2C)cc1. The van der Waals surface area contributed by atoms with Crippen LogP contribution in [0, 0.1) is 12.7 Å². The van der Waals surface area contributed by atoms with Crippen LogP contribution in [0.5, 0.6) is 5.75 Å². The van der Waals surface area contributed by atoms with Crippen molar-refractivity contribution in [3.05, 3.63) is 70.3 Å². The molecule has 0 saturated carbocycles. The maximum absolute atomic E-state index is 13.8. The number of thioether (sulfide) groups is 1. The van der Waals surface area contributed by atoms with Crippen LogP contribution in [-0.4, -0.2) is 14.8 Å². The van der Waals surface area contributed by atoms with Gasteiger partial charge in [-0.3, -0.25) is 0 Å². The molecule has 0 fully saturated rings. The molecular weight excluding hydrogens is 361 g/mol. The van der Waals surface area contributed by atoms with Crippen molar-refractivity contribution in [2.45, 2.75) is 24.4 Å². The average Bonchev–Trinajstić information content (AvgIpc) is 2.94. The second kappa shape index (κ2) is 7.89. The van der Waals surface area contributed by atoms with Gasteiger partial charge < -0.3 is 9.30 Å². The summed E-state index contributed by atoms with van der Waals surface area (Å²) >= 11 is 7.44. The van der Waals surface area contributed by atoms with Crippen molar-refractivity contribution in [1.29, 1.82) is 0 Å². The van der Waals surface area contributed by atoms with E-state index < -0.39 is 0 Å². The molecule has 0 bridgehead atoms. The summed E-state index contributed by atoms with van der Waals surface area (Å²) in [5.41, 5.74) is 1.64.